The zero-order valence-corrected chi connectivity index (χ0v) is 24.1. The minimum absolute atomic E-state index is 0.0526. The summed E-state index contributed by atoms with van der Waals surface area (Å²) in [5, 5.41) is 6.99. The van der Waals surface area contributed by atoms with Gasteiger partial charge in [0, 0.05) is 29.6 Å². The zero-order valence-electron chi connectivity index (χ0n) is 21.7. The van der Waals surface area contributed by atoms with Gasteiger partial charge in [-0.2, -0.15) is 26.3 Å². The summed E-state index contributed by atoms with van der Waals surface area (Å²) in [5.41, 5.74) is 0.926. The average Bonchev–Trinajstić information content (AvgIpc) is 3.75. The molecule has 0 unspecified atom stereocenters. The van der Waals surface area contributed by atoms with E-state index in [4.69, 9.17) is 25.6 Å². The lowest BCUT2D eigenvalue weighted by atomic mass is 10.2. The fourth-order valence-electron chi connectivity index (χ4n) is 3.90. The van der Waals surface area contributed by atoms with Gasteiger partial charge in [-0.1, -0.05) is 22.8 Å². The van der Waals surface area contributed by atoms with E-state index in [2.05, 4.69) is 30.4 Å². The number of hydrogen-bond donors (Lipinski definition) is 1. The number of nitrogens with one attached hydrogen (secondary N) is 1. The monoisotopic (exact) mass is 672 g/mol. The number of hydrogen-bond acceptors (Lipinski definition) is 11. The second kappa shape index (κ2) is 11.7. The second-order valence-electron chi connectivity index (χ2n) is 8.94. The lowest BCUT2D eigenvalue weighted by Gasteiger charge is -2.18. The van der Waals surface area contributed by atoms with Crippen molar-refractivity contribution in [3.05, 3.63) is 69.3 Å². The third-order valence-electron chi connectivity index (χ3n) is 5.89. The first-order valence-electron chi connectivity index (χ1n) is 12.4. The minimum atomic E-state index is -4.43. The van der Waals surface area contributed by atoms with Gasteiger partial charge in [0.1, 0.15) is 37.8 Å². The van der Waals surface area contributed by atoms with E-state index in [1.54, 1.807) is 0 Å². The van der Waals surface area contributed by atoms with Crippen LogP contribution in [0.4, 0.5) is 32.3 Å². The molecule has 0 bridgehead atoms. The van der Waals surface area contributed by atoms with Crippen molar-refractivity contribution in [3.63, 3.8) is 0 Å². The molecule has 6 heterocycles. The lowest BCUT2D eigenvalue weighted by Crippen LogP contribution is -2.15. The van der Waals surface area contributed by atoms with Crippen LogP contribution in [0.25, 0.3) is 32.0 Å². The van der Waals surface area contributed by atoms with Gasteiger partial charge < -0.3 is 19.3 Å². The molecule has 1 aromatic carbocycles. The number of benzene rings is 1. The molecule has 44 heavy (non-hydrogen) atoms. The largest absolute Gasteiger partial charge is 0.486 e. The molecule has 1 aliphatic rings. The summed E-state index contributed by atoms with van der Waals surface area (Å²) in [6, 6.07) is 9.05. The summed E-state index contributed by atoms with van der Waals surface area (Å²) in [7, 11) is 0. The maximum Gasteiger partial charge on any atom is 0.425 e. The highest BCUT2D eigenvalue weighted by Crippen LogP contribution is 2.40. The number of rotatable bonds is 4. The van der Waals surface area contributed by atoms with Gasteiger partial charge in [0.2, 0.25) is 17.5 Å². The van der Waals surface area contributed by atoms with E-state index in [0.717, 1.165) is 17.7 Å². The van der Waals surface area contributed by atoms with Crippen LogP contribution in [0.2, 0.25) is 5.15 Å². The summed E-state index contributed by atoms with van der Waals surface area (Å²) in [6.07, 6.45) is -6.03. The van der Waals surface area contributed by atoms with Crippen LogP contribution in [0.15, 0.2) is 53.3 Å². The van der Waals surface area contributed by atoms with E-state index >= 15 is 0 Å². The molecule has 0 amide bonds. The quantitative estimate of drug-likeness (QED) is 0.147. The number of nitrogens with zero attached hydrogens (tertiary/aromatic N) is 5. The molecule has 9 nitrogen and oxygen atoms in total. The smallest absolute Gasteiger partial charge is 0.425 e. The highest BCUT2D eigenvalue weighted by atomic mass is 35.5. The molecule has 0 aliphatic carbocycles. The van der Waals surface area contributed by atoms with Crippen LogP contribution in [-0.2, 0) is 18.9 Å². The number of anilines is 1. The lowest BCUT2D eigenvalue weighted by molar-refractivity contribution is -0.135. The predicted molar refractivity (Wildman–Crippen MR) is 150 cm³/mol. The highest BCUT2D eigenvalue weighted by Gasteiger charge is 2.34. The zero-order chi connectivity index (χ0) is 31.1. The topological polar surface area (TPSA) is 108 Å². The van der Waals surface area contributed by atoms with Crippen molar-refractivity contribution >= 4 is 60.7 Å². The van der Waals surface area contributed by atoms with Gasteiger partial charge in [0.25, 0.3) is 0 Å². The normalized spacial score (nSPS) is 13.2. The van der Waals surface area contributed by atoms with Crippen molar-refractivity contribution < 1.29 is 40.3 Å². The Morgan fingerprint density at radius 1 is 0.841 bits per heavy atom. The summed E-state index contributed by atoms with van der Waals surface area (Å²) in [6.45, 7) is 1.45. The Kier molecular flexibility index (Phi) is 7.93. The van der Waals surface area contributed by atoms with E-state index < -0.39 is 22.1 Å². The summed E-state index contributed by atoms with van der Waals surface area (Å²) < 4.78 is 92.0. The van der Waals surface area contributed by atoms with Gasteiger partial charge in [-0.25, -0.2) is 19.9 Å². The Balaban J connectivity index is 0.000000162. The number of aromatic nitrogens is 5. The fourth-order valence-corrected chi connectivity index (χ4v) is 5.95. The molecule has 7 rings (SSSR count). The Hall–Kier alpha value is -4.22. The number of fused-ring (bicyclic) bond motifs is 3. The van der Waals surface area contributed by atoms with Gasteiger partial charge in [-0.15, -0.1) is 22.7 Å². The summed E-state index contributed by atoms with van der Waals surface area (Å²) in [5.74, 6) is 2.00. The Labute approximate surface area is 255 Å². The molecule has 5 aromatic heterocycles. The van der Waals surface area contributed by atoms with Crippen molar-refractivity contribution in [2.75, 3.05) is 18.5 Å². The molecule has 228 valence electrons. The third kappa shape index (κ3) is 6.48. The van der Waals surface area contributed by atoms with Gasteiger partial charge in [0.05, 0.1) is 6.20 Å². The molecule has 1 N–H and O–H groups in total. The molecule has 0 radical (unpaired) electrons. The summed E-state index contributed by atoms with van der Waals surface area (Å²) >= 11 is 6.98. The Bertz CT molecular complexity index is 1950. The number of thiophene rings is 2. The number of alkyl halides is 6. The highest BCUT2D eigenvalue weighted by molar-refractivity contribution is 7.19. The van der Waals surface area contributed by atoms with Crippen LogP contribution in [0, 0.1) is 0 Å². The minimum Gasteiger partial charge on any atom is -0.486 e. The first kappa shape index (κ1) is 29.8. The molecule has 1 aliphatic heterocycles. The first-order valence-corrected chi connectivity index (χ1v) is 14.4. The molecule has 0 spiro atoms. The van der Waals surface area contributed by atoms with Crippen molar-refractivity contribution in [2.45, 2.75) is 18.9 Å². The summed E-state index contributed by atoms with van der Waals surface area (Å²) in [4.78, 5) is 15.1. The molecule has 6 aromatic rings. The van der Waals surface area contributed by atoms with Crippen LogP contribution >= 0.6 is 34.3 Å². The van der Waals surface area contributed by atoms with Crippen LogP contribution in [0.3, 0.4) is 0 Å². The van der Waals surface area contributed by atoms with E-state index in [1.807, 2.05) is 18.2 Å². The molecule has 0 atom stereocenters. The van der Waals surface area contributed by atoms with E-state index in [0.29, 0.717) is 64.1 Å². The Morgan fingerprint density at radius 2 is 1.57 bits per heavy atom. The standard InChI is InChI=1S/C16H12F3N3O2S.C10H3ClF3N3OS/c17-16(18,19)13-6-10-8-21-15(22-14(10)25-13)20-7-9-1-2-11-12(5-9)24-4-3-23-11;11-7-4-3-6(10(12,13)14)19-9(4)17-8(16-7)5-1-2-15-18-5/h1-2,5-6,8H,3-4,7H2,(H,20,21,22);1-3H. The first-order chi connectivity index (χ1) is 20.9. The average molecular weight is 673 g/mol. The predicted octanol–water partition coefficient (Wildman–Crippen LogP) is 8.11. The maximum atomic E-state index is 12.8. The molecular formula is C26H15ClF6N6O3S2. The number of ether oxygens (including phenoxy) is 2. The molecule has 0 saturated carbocycles. The van der Waals surface area contributed by atoms with Crippen molar-refractivity contribution in [1.29, 1.82) is 0 Å². The van der Waals surface area contributed by atoms with Gasteiger partial charge in [-0.3, -0.25) is 0 Å². The van der Waals surface area contributed by atoms with E-state index in [1.165, 1.54) is 18.5 Å². The van der Waals surface area contributed by atoms with Crippen LogP contribution < -0.4 is 14.8 Å². The Morgan fingerprint density at radius 3 is 2.30 bits per heavy atom. The van der Waals surface area contributed by atoms with Crippen LogP contribution in [-0.4, -0.2) is 38.3 Å². The van der Waals surface area contributed by atoms with E-state index in [9.17, 15) is 26.3 Å². The maximum absolute atomic E-state index is 12.8. The van der Waals surface area contributed by atoms with Crippen molar-refractivity contribution in [2.24, 2.45) is 0 Å². The van der Waals surface area contributed by atoms with E-state index in [-0.39, 0.29) is 32.9 Å². The van der Waals surface area contributed by atoms with Crippen LogP contribution in [0.1, 0.15) is 15.3 Å². The van der Waals surface area contributed by atoms with Crippen LogP contribution in [0.5, 0.6) is 11.5 Å². The third-order valence-corrected chi connectivity index (χ3v) is 8.35. The van der Waals surface area contributed by atoms with Gasteiger partial charge in [0.15, 0.2) is 11.5 Å². The number of halogens is 7. The molecule has 18 heteroatoms. The van der Waals surface area contributed by atoms with Gasteiger partial charge >= 0.3 is 12.4 Å². The van der Waals surface area contributed by atoms with Crippen molar-refractivity contribution in [1.82, 2.24) is 25.1 Å². The second-order valence-corrected chi connectivity index (χ2v) is 11.4. The fraction of sp³-hybridized carbons (Fsp3) is 0.192. The van der Waals surface area contributed by atoms with Gasteiger partial charge in [-0.05, 0) is 29.8 Å². The van der Waals surface area contributed by atoms with Crippen molar-refractivity contribution in [3.8, 4) is 23.1 Å². The SMILES string of the molecule is FC(F)(F)c1cc2c(Cl)nc(-c3ccno3)nc2s1.FC(F)(F)c1cc2cnc(NCc3ccc4c(c3)OCCO4)nc2s1. The molecule has 0 fully saturated rings. The molecule has 0 saturated heterocycles. The molecular weight excluding hydrogens is 658 g/mol.